The number of allylic oxidation sites excluding steroid dienone is 4. The zero-order chi connectivity index (χ0) is 15.9. The second-order valence-electron chi connectivity index (χ2n) is 4.73. The van der Waals surface area contributed by atoms with Gasteiger partial charge in [-0.05, 0) is 40.5 Å². The first-order valence-corrected chi connectivity index (χ1v) is 6.80. The maximum absolute atomic E-state index is 9.26. The van der Waals surface area contributed by atoms with Gasteiger partial charge in [0.1, 0.15) is 0 Å². The van der Waals surface area contributed by atoms with Gasteiger partial charge in [0.25, 0.3) is 0 Å². The Hall–Kier alpha value is -2.83. The van der Waals surface area contributed by atoms with E-state index in [-0.39, 0.29) is 0 Å². The van der Waals surface area contributed by atoms with Gasteiger partial charge < -0.3 is 5.02 Å². The highest BCUT2D eigenvalue weighted by molar-refractivity contribution is 6.45. The summed E-state index contributed by atoms with van der Waals surface area (Å²) < 4.78 is 0. The maximum atomic E-state index is 9.26. The Kier molecular flexibility index (Phi) is 5.14. The predicted octanol–water partition coefficient (Wildman–Crippen LogP) is 3.22. The Morgan fingerprint density at radius 3 is 2.59 bits per heavy atom. The lowest BCUT2D eigenvalue weighted by Gasteiger charge is -2.09. The highest BCUT2D eigenvalue weighted by atomic mass is 16.2. The molecule has 0 spiro atoms. The molecule has 2 nitrogen and oxygen atoms in total. The fourth-order valence-electron chi connectivity index (χ4n) is 2.23. The number of hydrogen-bond acceptors (Lipinski definition) is 2. The SMILES string of the molecule is C=C/C=C(\C=C)c1cc(C#N)cc(-c2cccc([B]O)c2)c1. The zero-order valence-corrected chi connectivity index (χ0v) is 12.2. The molecule has 3 heteroatoms. The molecule has 2 aromatic carbocycles. The minimum atomic E-state index is 0.572. The average molecular weight is 284 g/mol. The Bertz CT molecular complexity index is 784. The molecule has 0 aliphatic carbocycles. The molecule has 0 aliphatic heterocycles. The van der Waals surface area contributed by atoms with Gasteiger partial charge >= 0.3 is 7.48 Å². The topological polar surface area (TPSA) is 44.0 Å². The van der Waals surface area contributed by atoms with Crippen LogP contribution in [0.15, 0.2) is 73.9 Å². The van der Waals surface area contributed by atoms with Crippen LogP contribution in [-0.2, 0) is 0 Å². The number of benzene rings is 2. The summed E-state index contributed by atoms with van der Waals surface area (Å²) >= 11 is 0. The Morgan fingerprint density at radius 1 is 1.14 bits per heavy atom. The lowest BCUT2D eigenvalue weighted by molar-refractivity contribution is 0.615. The lowest BCUT2D eigenvalue weighted by Crippen LogP contribution is -2.12. The van der Waals surface area contributed by atoms with Crippen LogP contribution in [0.3, 0.4) is 0 Å². The molecule has 2 rings (SSSR count). The summed E-state index contributed by atoms with van der Waals surface area (Å²) in [5.41, 5.74) is 4.94. The van der Waals surface area contributed by atoms with Gasteiger partial charge in [0.15, 0.2) is 0 Å². The second-order valence-corrected chi connectivity index (χ2v) is 4.73. The van der Waals surface area contributed by atoms with Crippen LogP contribution in [0.5, 0.6) is 0 Å². The van der Waals surface area contributed by atoms with Gasteiger partial charge in [0.05, 0.1) is 11.6 Å². The summed E-state index contributed by atoms with van der Waals surface area (Å²) in [6, 6.07) is 15.3. The molecule has 0 saturated carbocycles. The molecule has 22 heavy (non-hydrogen) atoms. The molecule has 0 aliphatic rings. The summed E-state index contributed by atoms with van der Waals surface area (Å²) in [4.78, 5) is 0. The van der Waals surface area contributed by atoms with Crippen LogP contribution in [0.1, 0.15) is 11.1 Å². The van der Waals surface area contributed by atoms with E-state index in [1.165, 1.54) is 0 Å². The summed E-state index contributed by atoms with van der Waals surface area (Å²) in [7, 11) is 1.06. The van der Waals surface area contributed by atoms with Crippen molar-refractivity contribution in [1.82, 2.24) is 0 Å². The van der Waals surface area contributed by atoms with Crippen LogP contribution in [0.25, 0.3) is 16.7 Å². The van der Waals surface area contributed by atoms with E-state index in [2.05, 4.69) is 19.2 Å². The van der Waals surface area contributed by atoms with Crippen molar-refractivity contribution in [2.75, 3.05) is 0 Å². The van der Waals surface area contributed by atoms with Gasteiger partial charge in [0.2, 0.25) is 0 Å². The largest absolute Gasteiger partial charge is 0.450 e. The van der Waals surface area contributed by atoms with Crippen LogP contribution in [-0.4, -0.2) is 12.5 Å². The van der Waals surface area contributed by atoms with E-state index >= 15 is 0 Å². The summed E-state index contributed by atoms with van der Waals surface area (Å²) in [5.74, 6) is 0. The molecule has 0 amide bonds. The van der Waals surface area contributed by atoms with E-state index < -0.39 is 0 Å². The van der Waals surface area contributed by atoms with Crippen LogP contribution in [0.4, 0.5) is 0 Å². The molecule has 0 aromatic heterocycles. The second kappa shape index (κ2) is 7.26. The fourth-order valence-corrected chi connectivity index (χ4v) is 2.23. The Labute approximate surface area is 131 Å². The highest BCUT2D eigenvalue weighted by Gasteiger charge is 2.06. The summed E-state index contributed by atoms with van der Waals surface area (Å²) in [6.45, 7) is 7.50. The molecule has 0 bridgehead atoms. The number of rotatable bonds is 5. The van der Waals surface area contributed by atoms with Crippen molar-refractivity contribution in [2.24, 2.45) is 0 Å². The Balaban J connectivity index is 2.61. The van der Waals surface area contributed by atoms with Crippen molar-refractivity contribution in [3.8, 4) is 17.2 Å². The monoisotopic (exact) mass is 284 g/mol. The van der Waals surface area contributed by atoms with Gasteiger partial charge in [0, 0.05) is 0 Å². The van der Waals surface area contributed by atoms with Crippen molar-refractivity contribution in [2.45, 2.75) is 0 Å². The predicted molar refractivity (Wildman–Crippen MR) is 92.6 cm³/mol. The van der Waals surface area contributed by atoms with E-state index in [9.17, 15) is 5.26 Å². The fraction of sp³-hybridized carbons (Fsp3) is 0. The highest BCUT2D eigenvalue weighted by Crippen LogP contribution is 2.26. The number of hydrogen-bond donors (Lipinski definition) is 1. The van der Waals surface area contributed by atoms with Gasteiger partial charge in [-0.15, -0.1) is 0 Å². The third-order valence-corrected chi connectivity index (χ3v) is 3.28. The molecule has 0 unspecified atom stereocenters. The van der Waals surface area contributed by atoms with E-state index in [0.717, 1.165) is 29.7 Å². The van der Waals surface area contributed by atoms with Crippen LogP contribution in [0.2, 0.25) is 0 Å². The summed E-state index contributed by atoms with van der Waals surface area (Å²) in [5, 5.41) is 18.4. The minimum absolute atomic E-state index is 0.572. The normalized spacial score (nSPS) is 10.6. The quantitative estimate of drug-likeness (QED) is 0.676. The maximum Gasteiger partial charge on any atom is 0.326 e. The average Bonchev–Trinajstić information content (AvgIpc) is 2.59. The van der Waals surface area contributed by atoms with Crippen LogP contribution < -0.4 is 5.46 Å². The van der Waals surface area contributed by atoms with Gasteiger partial charge in [-0.1, -0.05) is 61.1 Å². The first-order valence-electron chi connectivity index (χ1n) is 6.80. The van der Waals surface area contributed by atoms with E-state index in [4.69, 9.17) is 5.02 Å². The molecule has 0 atom stereocenters. The molecular formula is C19H15BNO. The molecule has 0 saturated heterocycles. The van der Waals surface area contributed by atoms with Crippen molar-refractivity contribution in [3.63, 3.8) is 0 Å². The lowest BCUT2D eigenvalue weighted by atomic mass is 9.86. The smallest absolute Gasteiger partial charge is 0.326 e. The van der Waals surface area contributed by atoms with E-state index in [0.29, 0.717) is 11.0 Å². The van der Waals surface area contributed by atoms with Crippen molar-refractivity contribution < 1.29 is 5.02 Å². The molecule has 1 N–H and O–H groups in total. The zero-order valence-electron chi connectivity index (χ0n) is 12.2. The number of nitriles is 1. The standard InChI is InChI=1S/C19H15BNO/c1-3-6-15(4-2)17-9-14(13-21)10-18(11-17)16-7-5-8-19(12-16)20-22/h3-12,22H,1-2H2/b15-6+. The Morgan fingerprint density at radius 2 is 1.95 bits per heavy atom. The van der Waals surface area contributed by atoms with Gasteiger partial charge in [-0.2, -0.15) is 5.26 Å². The van der Waals surface area contributed by atoms with Gasteiger partial charge in [-0.3, -0.25) is 0 Å². The van der Waals surface area contributed by atoms with Gasteiger partial charge in [-0.25, -0.2) is 0 Å². The first kappa shape index (κ1) is 15.6. The third-order valence-electron chi connectivity index (χ3n) is 3.28. The van der Waals surface area contributed by atoms with Crippen molar-refractivity contribution in [3.05, 3.63) is 85.0 Å². The minimum Gasteiger partial charge on any atom is -0.450 e. The van der Waals surface area contributed by atoms with E-state index in [1.54, 1.807) is 12.2 Å². The molecule has 1 radical (unpaired) electrons. The van der Waals surface area contributed by atoms with E-state index in [1.807, 2.05) is 48.5 Å². The van der Waals surface area contributed by atoms with Crippen LogP contribution in [0, 0.1) is 11.3 Å². The first-order chi connectivity index (χ1) is 10.7. The summed E-state index contributed by atoms with van der Waals surface area (Å²) in [6.07, 6.45) is 5.28. The molecular weight excluding hydrogens is 269 g/mol. The van der Waals surface area contributed by atoms with Crippen molar-refractivity contribution in [1.29, 1.82) is 5.26 Å². The molecule has 0 heterocycles. The van der Waals surface area contributed by atoms with Crippen molar-refractivity contribution >= 4 is 18.5 Å². The molecule has 105 valence electrons. The van der Waals surface area contributed by atoms with Crippen LogP contribution >= 0.6 is 0 Å². The molecule has 0 fully saturated rings. The molecule has 2 aromatic rings. The third kappa shape index (κ3) is 3.43. The number of nitrogens with zero attached hydrogens (tertiary/aromatic N) is 1.